The van der Waals surface area contributed by atoms with Crippen LogP contribution in [-0.2, 0) is 0 Å². The zero-order valence-corrected chi connectivity index (χ0v) is 12.8. The highest BCUT2D eigenvalue weighted by atomic mass is 16.5. The quantitative estimate of drug-likeness (QED) is 0.864. The molecule has 2 fully saturated rings. The summed E-state index contributed by atoms with van der Waals surface area (Å²) >= 11 is 0. The van der Waals surface area contributed by atoms with Gasteiger partial charge in [0.05, 0.1) is 6.04 Å². The van der Waals surface area contributed by atoms with Crippen molar-refractivity contribution in [2.45, 2.75) is 44.6 Å². The number of nitrogens with zero attached hydrogens (tertiary/aromatic N) is 2. The van der Waals surface area contributed by atoms with Gasteiger partial charge in [-0.1, -0.05) is 29.4 Å². The van der Waals surface area contributed by atoms with Crippen molar-refractivity contribution < 1.29 is 9.32 Å². The molecule has 1 saturated carbocycles. The van der Waals surface area contributed by atoms with Crippen LogP contribution in [-0.4, -0.2) is 22.5 Å². The van der Waals surface area contributed by atoms with Gasteiger partial charge in [-0.3, -0.25) is 4.79 Å². The summed E-state index contributed by atoms with van der Waals surface area (Å²) in [6.07, 6.45) is 4.36. The second-order valence-electron chi connectivity index (χ2n) is 6.40. The molecule has 0 unspecified atom stereocenters. The van der Waals surface area contributed by atoms with Gasteiger partial charge in [-0.15, -0.1) is 0 Å². The fourth-order valence-corrected chi connectivity index (χ4v) is 3.39. The predicted molar refractivity (Wildman–Crippen MR) is 82.7 cm³/mol. The van der Waals surface area contributed by atoms with Crippen molar-refractivity contribution in [3.63, 3.8) is 0 Å². The lowest BCUT2D eigenvalue weighted by Crippen LogP contribution is -2.31. The minimum Gasteiger partial charge on any atom is -0.360 e. The van der Waals surface area contributed by atoms with Crippen LogP contribution >= 0.6 is 0 Å². The standard InChI is InChI=1S/C18H20N2O2/c1-12-5-2-3-6-14(12)16-7-4-10-20(16)18(21)15-11-17(22-19-15)13-8-9-13/h2-3,5-6,11,13,16H,4,7-10H2,1H3/t16-/m0/s1. The minimum atomic E-state index is 0.00130. The molecule has 0 radical (unpaired) electrons. The molecule has 1 aromatic heterocycles. The monoisotopic (exact) mass is 296 g/mol. The van der Waals surface area contributed by atoms with Gasteiger partial charge in [-0.05, 0) is 43.7 Å². The number of aromatic nitrogens is 1. The number of hydrogen-bond donors (Lipinski definition) is 0. The number of amides is 1. The highest BCUT2D eigenvalue weighted by molar-refractivity contribution is 5.92. The van der Waals surface area contributed by atoms with Crippen LogP contribution in [0, 0.1) is 6.92 Å². The fraction of sp³-hybridized carbons (Fsp3) is 0.444. The largest absolute Gasteiger partial charge is 0.360 e. The molecule has 2 heterocycles. The fourth-order valence-electron chi connectivity index (χ4n) is 3.39. The van der Waals surface area contributed by atoms with Crippen molar-refractivity contribution in [3.8, 4) is 0 Å². The Labute approximate surface area is 130 Å². The highest BCUT2D eigenvalue weighted by Gasteiger charge is 2.34. The first-order chi connectivity index (χ1) is 10.7. The molecular weight excluding hydrogens is 276 g/mol. The van der Waals surface area contributed by atoms with E-state index in [1.807, 2.05) is 23.1 Å². The second-order valence-corrected chi connectivity index (χ2v) is 6.40. The maximum absolute atomic E-state index is 12.8. The summed E-state index contributed by atoms with van der Waals surface area (Å²) < 4.78 is 5.34. The van der Waals surface area contributed by atoms with E-state index in [0.29, 0.717) is 11.6 Å². The summed E-state index contributed by atoms with van der Waals surface area (Å²) in [4.78, 5) is 14.8. The van der Waals surface area contributed by atoms with Crippen LogP contribution in [0.4, 0.5) is 0 Å². The molecule has 4 nitrogen and oxygen atoms in total. The molecule has 4 heteroatoms. The topological polar surface area (TPSA) is 46.3 Å². The maximum Gasteiger partial charge on any atom is 0.276 e. The van der Waals surface area contributed by atoms with Crippen molar-refractivity contribution in [3.05, 3.63) is 52.9 Å². The van der Waals surface area contributed by atoms with E-state index in [4.69, 9.17) is 4.52 Å². The molecule has 114 valence electrons. The second kappa shape index (κ2) is 5.27. The molecule has 0 bridgehead atoms. The van der Waals surface area contributed by atoms with E-state index in [9.17, 15) is 4.79 Å². The Bertz CT molecular complexity index is 703. The molecule has 0 spiro atoms. The van der Waals surface area contributed by atoms with Crippen molar-refractivity contribution in [1.29, 1.82) is 0 Å². The average molecular weight is 296 g/mol. The van der Waals surface area contributed by atoms with Crippen LogP contribution in [0.1, 0.15) is 65.0 Å². The van der Waals surface area contributed by atoms with Gasteiger partial charge >= 0.3 is 0 Å². The molecule has 1 amide bonds. The molecule has 0 N–H and O–H groups in total. The Morgan fingerprint density at radius 3 is 2.86 bits per heavy atom. The third-order valence-corrected chi connectivity index (χ3v) is 4.79. The van der Waals surface area contributed by atoms with Crippen LogP contribution in [0.3, 0.4) is 0 Å². The summed E-state index contributed by atoms with van der Waals surface area (Å²) in [7, 11) is 0. The maximum atomic E-state index is 12.8. The van der Waals surface area contributed by atoms with Gasteiger partial charge in [0.2, 0.25) is 0 Å². The number of benzene rings is 1. The molecule has 2 aliphatic rings. The Morgan fingerprint density at radius 1 is 1.27 bits per heavy atom. The SMILES string of the molecule is Cc1ccccc1[C@@H]1CCCN1C(=O)c1cc(C2CC2)on1. The van der Waals surface area contributed by atoms with Gasteiger partial charge in [0.15, 0.2) is 5.69 Å². The van der Waals surface area contributed by atoms with E-state index in [1.54, 1.807) is 0 Å². The lowest BCUT2D eigenvalue weighted by atomic mass is 9.99. The third-order valence-electron chi connectivity index (χ3n) is 4.79. The van der Waals surface area contributed by atoms with E-state index in [1.165, 1.54) is 11.1 Å². The minimum absolute atomic E-state index is 0.00130. The van der Waals surface area contributed by atoms with Gasteiger partial charge < -0.3 is 9.42 Å². The van der Waals surface area contributed by atoms with Crippen molar-refractivity contribution >= 4 is 5.91 Å². The van der Waals surface area contributed by atoms with Crippen molar-refractivity contribution in [2.75, 3.05) is 6.54 Å². The average Bonchev–Trinajstić information content (AvgIpc) is 3.08. The molecule has 1 atom stereocenters. The highest BCUT2D eigenvalue weighted by Crippen LogP contribution is 2.41. The van der Waals surface area contributed by atoms with Gasteiger partial charge in [-0.25, -0.2) is 0 Å². The summed E-state index contributed by atoms with van der Waals surface area (Å²) in [5, 5.41) is 4.01. The van der Waals surface area contributed by atoms with E-state index < -0.39 is 0 Å². The first-order valence-electron chi connectivity index (χ1n) is 8.07. The number of carbonyl (C=O) groups excluding carboxylic acids is 1. The zero-order valence-electron chi connectivity index (χ0n) is 12.8. The van der Waals surface area contributed by atoms with Crippen molar-refractivity contribution in [1.82, 2.24) is 10.1 Å². The number of hydrogen-bond acceptors (Lipinski definition) is 3. The summed E-state index contributed by atoms with van der Waals surface area (Å²) in [6.45, 7) is 2.90. The first-order valence-corrected chi connectivity index (χ1v) is 8.07. The van der Waals surface area contributed by atoms with E-state index in [0.717, 1.165) is 38.0 Å². The number of carbonyl (C=O) groups is 1. The summed E-state index contributed by atoms with van der Waals surface area (Å²) in [6, 6.07) is 10.3. The Hall–Kier alpha value is -2.10. The first kappa shape index (κ1) is 13.6. The van der Waals surface area contributed by atoms with Crippen molar-refractivity contribution in [2.24, 2.45) is 0 Å². The van der Waals surface area contributed by atoms with Gasteiger partial charge in [0, 0.05) is 18.5 Å². The Morgan fingerprint density at radius 2 is 2.09 bits per heavy atom. The Balaban J connectivity index is 1.59. The molecule has 4 rings (SSSR count). The number of aryl methyl sites for hydroxylation is 1. The molecule has 1 aliphatic carbocycles. The van der Waals surface area contributed by atoms with Crippen LogP contribution in [0.25, 0.3) is 0 Å². The van der Waals surface area contributed by atoms with Crippen LogP contribution in [0.15, 0.2) is 34.9 Å². The van der Waals surface area contributed by atoms with Crippen LogP contribution < -0.4 is 0 Å². The summed E-state index contributed by atoms with van der Waals surface area (Å²) in [5.41, 5.74) is 2.95. The van der Waals surface area contributed by atoms with Gasteiger partial charge in [-0.2, -0.15) is 0 Å². The molecule has 2 aromatic rings. The number of likely N-dealkylation sites (tertiary alicyclic amines) is 1. The van der Waals surface area contributed by atoms with Gasteiger partial charge in [0.1, 0.15) is 5.76 Å². The third kappa shape index (κ3) is 2.32. The van der Waals surface area contributed by atoms with E-state index in [-0.39, 0.29) is 11.9 Å². The lowest BCUT2D eigenvalue weighted by Gasteiger charge is -2.25. The van der Waals surface area contributed by atoms with Crippen LogP contribution in [0.2, 0.25) is 0 Å². The molecular formula is C18H20N2O2. The number of rotatable bonds is 3. The Kier molecular flexibility index (Phi) is 3.25. The van der Waals surface area contributed by atoms with E-state index >= 15 is 0 Å². The smallest absolute Gasteiger partial charge is 0.276 e. The normalized spacial score (nSPS) is 21.3. The molecule has 1 aromatic carbocycles. The summed E-state index contributed by atoms with van der Waals surface area (Å²) in [5.74, 6) is 1.36. The zero-order chi connectivity index (χ0) is 15.1. The van der Waals surface area contributed by atoms with Crippen LogP contribution in [0.5, 0.6) is 0 Å². The van der Waals surface area contributed by atoms with E-state index in [2.05, 4.69) is 24.2 Å². The predicted octanol–water partition coefficient (Wildman–Crippen LogP) is 3.84. The molecule has 1 saturated heterocycles. The molecule has 1 aliphatic heterocycles. The molecule has 22 heavy (non-hydrogen) atoms. The van der Waals surface area contributed by atoms with Gasteiger partial charge in [0.25, 0.3) is 5.91 Å². The lowest BCUT2D eigenvalue weighted by molar-refractivity contribution is 0.0724.